The highest BCUT2D eigenvalue weighted by Gasteiger charge is 2.23. The summed E-state index contributed by atoms with van der Waals surface area (Å²) in [5, 5.41) is 2.94. The SMILES string of the molecule is CC(=O)N1CCc2cc(C(=O)NCc3ccc(C)s3)ccc21. The molecule has 0 unspecified atom stereocenters. The fourth-order valence-electron chi connectivity index (χ4n) is 2.72. The number of rotatable bonds is 3. The number of amides is 2. The first-order valence-electron chi connectivity index (χ1n) is 7.29. The Balaban J connectivity index is 1.70. The fraction of sp³-hybridized carbons (Fsp3) is 0.294. The Morgan fingerprint density at radius 1 is 1.27 bits per heavy atom. The van der Waals surface area contributed by atoms with Crippen LogP contribution in [0.2, 0.25) is 0 Å². The summed E-state index contributed by atoms with van der Waals surface area (Å²) in [6.45, 7) is 4.87. The van der Waals surface area contributed by atoms with Crippen LogP contribution in [0, 0.1) is 6.92 Å². The molecule has 22 heavy (non-hydrogen) atoms. The summed E-state index contributed by atoms with van der Waals surface area (Å²) < 4.78 is 0. The van der Waals surface area contributed by atoms with Gasteiger partial charge in [0.25, 0.3) is 5.91 Å². The van der Waals surface area contributed by atoms with Gasteiger partial charge in [0.1, 0.15) is 0 Å². The largest absolute Gasteiger partial charge is 0.347 e. The molecule has 0 atom stereocenters. The Labute approximate surface area is 133 Å². The van der Waals surface area contributed by atoms with Gasteiger partial charge in [0.15, 0.2) is 0 Å². The lowest BCUT2D eigenvalue weighted by atomic mass is 10.1. The molecule has 0 bridgehead atoms. The van der Waals surface area contributed by atoms with Crippen LogP contribution in [-0.4, -0.2) is 18.4 Å². The second-order valence-corrected chi connectivity index (χ2v) is 6.83. The predicted molar refractivity (Wildman–Crippen MR) is 88.4 cm³/mol. The van der Waals surface area contributed by atoms with Crippen molar-refractivity contribution >= 4 is 28.8 Å². The van der Waals surface area contributed by atoms with Crippen LogP contribution in [0.1, 0.15) is 32.6 Å². The summed E-state index contributed by atoms with van der Waals surface area (Å²) in [4.78, 5) is 27.9. The van der Waals surface area contributed by atoms with Gasteiger partial charge in [0, 0.05) is 34.5 Å². The topological polar surface area (TPSA) is 49.4 Å². The van der Waals surface area contributed by atoms with Gasteiger partial charge in [-0.3, -0.25) is 9.59 Å². The lowest BCUT2D eigenvalue weighted by molar-refractivity contribution is -0.116. The summed E-state index contributed by atoms with van der Waals surface area (Å²) in [5.74, 6) is -0.0286. The highest BCUT2D eigenvalue weighted by atomic mass is 32.1. The highest BCUT2D eigenvalue weighted by molar-refractivity contribution is 7.11. The molecule has 0 spiro atoms. The molecule has 114 valence electrons. The van der Waals surface area contributed by atoms with Gasteiger partial charge < -0.3 is 10.2 Å². The molecule has 2 aromatic rings. The van der Waals surface area contributed by atoms with Crippen molar-refractivity contribution in [1.82, 2.24) is 5.32 Å². The first-order chi connectivity index (χ1) is 10.5. The van der Waals surface area contributed by atoms with Crippen LogP contribution in [0.3, 0.4) is 0 Å². The van der Waals surface area contributed by atoms with Crippen molar-refractivity contribution in [3.05, 3.63) is 51.2 Å². The summed E-state index contributed by atoms with van der Waals surface area (Å²) in [7, 11) is 0. The molecule has 2 amide bonds. The van der Waals surface area contributed by atoms with Crippen LogP contribution in [0.4, 0.5) is 5.69 Å². The van der Waals surface area contributed by atoms with E-state index in [4.69, 9.17) is 0 Å². The summed E-state index contributed by atoms with van der Waals surface area (Å²) in [5.41, 5.74) is 2.64. The maximum absolute atomic E-state index is 12.3. The third-order valence-electron chi connectivity index (χ3n) is 3.84. The number of anilines is 1. The van der Waals surface area contributed by atoms with Gasteiger partial charge in [-0.15, -0.1) is 11.3 Å². The number of carbonyl (C=O) groups is 2. The van der Waals surface area contributed by atoms with Crippen molar-refractivity contribution in [2.24, 2.45) is 0 Å². The van der Waals surface area contributed by atoms with Crippen molar-refractivity contribution in [3.8, 4) is 0 Å². The zero-order valence-corrected chi connectivity index (χ0v) is 13.5. The number of carbonyl (C=O) groups excluding carboxylic acids is 2. The quantitative estimate of drug-likeness (QED) is 0.947. The molecule has 4 nitrogen and oxygen atoms in total. The molecule has 0 fully saturated rings. The highest BCUT2D eigenvalue weighted by Crippen LogP contribution is 2.28. The van der Waals surface area contributed by atoms with Crippen LogP contribution < -0.4 is 10.2 Å². The number of benzene rings is 1. The molecular formula is C17H18N2O2S. The zero-order valence-electron chi connectivity index (χ0n) is 12.7. The zero-order chi connectivity index (χ0) is 15.7. The lowest BCUT2D eigenvalue weighted by Gasteiger charge is -2.14. The van der Waals surface area contributed by atoms with Crippen molar-refractivity contribution in [2.45, 2.75) is 26.8 Å². The molecule has 1 aliphatic heterocycles. The van der Waals surface area contributed by atoms with E-state index in [1.807, 2.05) is 18.2 Å². The summed E-state index contributed by atoms with van der Waals surface area (Å²) >= 11 is 1.69. The van der Waals surface area contributed by atoms with Gasteiger partial charge in [0.05, 0.1) is 6.54 Å². The molecular weight excluding hydrogens is 296 g/mol. The molecule has 0 aliphatic carbocycles. The van der Waals surface area contributed by atoms with Crippen molar-refractivity contribution in [3.63, 3.8) is 0 Å². The summed E-state index contributed by atoms with van der Waals surface area (Å²) in [6, 6.07) is 9.64. The second kappa shape index (κ2) is 5.93. The van der Waals surface area contributed by atoms with Gasteiger partial charge in [-0.05, 0) is 49.2 Å². The minimum atomic E-state index is -0.0740. The van der Waals surface area contributed by atoms with Gasteiger partial charge in [0.2, 0.25) is 5.91 Å². The number of nitrogens with zero attached hydrogens (tertiary/aromatic N) is 1. The molecule has 0 saturated heterocycles. The molecule has 1 aliphatic rings. The van der Waals surface area contributed by atoms with Crippen LogP contribution >= 0.6 is 11.3 Å². The van der Waals surface area contributed by atoms with E-state index in [-0.39, 0.29) is 11.8 Å². The molecule has 0 saturated carbocycles. The maximum atomic E-state index is 12.3. The van der Waals surface area contributed by atoms with E-state index in [1.54, 1.807) is 29.2 Å². The molecule has 0 radical (unpaired) electrons. The van der Waals surface area contributed by atoms with E-state index >= 15 is 0 Å². The third kappa shape index (κ3) is 2.90. The van der Waals surface area contributed by atoms with Gasteiger partial charge >= 0.3 is 0 Å². The monoisotopic (exact) mass is 314 g/mol. The second-order valence-electron chi connectivity index (χ2n) is 5.46. The van der Waals surface area contributed by atoms with Crippen LogP contribution in [-0.2, 0) is 17.8 Å². The normalized spacial score (nSPS) is 13.1. The van der Waals surface area contributed by atoms with Crippen LogP contribution in [0.25, 0.3) is 0 Å². The Morgan fingerprint density at radius 2 is 2.09 bits per heavy atom. The fourth-order valence-corrected chi connectivity index (χ4v) is 3.55. The Morgan fingerprint density at radius 3 is 2.77 bits per heavy atom. The number of hydrogen-bond donors (Lipinski definition) is 1. The van der Waals surface area contributed by atoms with Crippen molar-refractivity contribution < 1.29 is 9.59 Å². The Kier molecular flexibility index (Phi) is 3.98. The standard InChI is InChI=1S/C17H18N2O2S/c1-11-3-5-15(22-11)10-18-17(21)14-4-6-16-13(9-14)7-8-19(16)12(2)20/h3-6,9H,7-8,10H2,1-2H3,(H,18,21). The Bertz CT molecular complexity index is 736. The predicted octanol–water partition coefficient (Wildman–Crippen LogP) is 2.90. The molecule has 1 aromatic heterocycles. The average molecular weight is 314 g/mol. The van der Waals surface area contributed by atoms with Gasteiger partial charge in [-0.1, -0.05) is 0 Å². The first-order valence-corrected chi connectivity index (χ1v) is 8.11. The average Bonchev–Trinajstić information content (AvgIpc) is 3.09. The Hall–Kier alpha value is -2.14. The number of nitrogens with one attached hydrogen (secondary N) is 1. The first kappa shape index (κ1) is 14.8. The van der Waals surface area contributed by atoms with Gasteiger partial charge in [-0.25, -0.2) is 0 Å². The maximum Gasteiger partial charge on any atom is 0.251 e. The summed E-state index contributed by atoms with van der Waals surface area (Å²) in [6.07, 6.45) is 0.806. The smallest absolute Gasteiger partial charge is 0.251 e. The number of hydrogen-bond acceptors (Lipinski definition) is 3. The van der Waals surface area contributed by atoms with E-state index in [0.29, 0.717) is 18.7 Å². The molecule has 5 heteroatoms. The van der Waals surface area contributed by atoms with Crippen molar-refractivity contribution in [1.29, 1.82) is 0 Å². The minimum absolute atomic E-state index is 0.0454. The lowest BCUT2D eigenvalue weighted by Crippen LogP contribution is -2.25. The molecule has 1 aromatic carbocycles. The number of aryl methyl sites for hydroxylation is 1. The van der Waals surface area contributed by atoms with E-state index in [2.05, 4.69) is 18.3 Å². The van der Waals surface area contributed by atoms with Crippen LogP contribution in [0.5, 0.6) is 0 Å². The van der Waals surface area contributed by atoms with E-state index in [0.717, 1.165) is 22.5 Å². The van der Waals surface area contributed by atoms with Crippen molar-refractivity contribution in [2.75, 3.05) is 11.4 Å². The molecule has 3 rings (SSSR count). The molecule has 1 N–H and O–H groups in total. The van der Waals surface area contributed by atoms with Gasteiger partial charge in [-0.2, -0.15) is 0 Å². The van der Waals surface area contributed by atoms with E-state index in [1.165, 1.54) is 4.88 Å². The van der Waals surface area contributed by atoms with Crippen LogP contribution in [0.15, 0.2) is 30.3 Å². The van der Waals surface area contributed by atoms with E-state index in [9.17, 15) is 9.59 Å². The third-order valence-corrected chi connectivity index (χ3v) is 4.84. The molecule has 2 heterocycles. The number of fused-ring (bicyclic) bond motifs is 1. The number of thiophene rings is 1. The van der Waals surface area contributed by atoms with E-state index < -0.39 is 0 Å². The minimum Gasteiger partial charge on any atom is -0.347 e.